The molecule has 1 aromatic heterocycles. The van der Waals surface area contributed by atoms with Crippen LogP contribution in [0, 0.1) is 6.92 Å². The number of aromatic nitrogens is 2. The van der Waals surface area contributed by atoms with E-state index in [1.807, 2.05) is 31.2 Å². The van der Waals surface area contributed by atoms with Crippen LogP contribution in [0.4, 0.5) is 0 Å². The summed E-state index contributed by atoms with van der Waals surface area (Å²) in [6.07, 6.45) is 3.59. The molecule has 4 rings (SSSR count). The predicted octanol–water partition coefficient (Wildman–Crippen LogP) is 1.86. The second-order valence-corrected chi connectivity index (χ2v) is 7.35. The summed E-state index contributed by atoms with van der Waals surface area (Å²) >= 11 is 0. The number of aryl methyl sites for hydroxylation is 1. The van der Waals surface area contributed by atoms with Gasteiger partial charge in [-0.15, -0.1) is 0 Å². The van der Waals surface area contributed by atoms with Gasteiger partial charge in [0.15, 0.2) is 0 Å². The summed E-state index contributed by atoms with van der Waals surface area (Å²) in [6, 6.07) is 12.1. The standard InChI is InChI=1S/C19H23N3O2/c1-13-2-4-14(5-3-13)17-8-9-18(23)22(21-17)12-19(24)10-15-6-7-16(11-19)20-15/h2-5,8-9,15-16,20,24H,6-7,10-12H2,1H3. The lowest BCUT2D eigenvalue weighted by Crippen LogP contribution is -2.51. The Labute approximate surface area is 141 Å². The number of nitrogens with one attached hydrogen (secondary N) is 1. The van der Waals surface area contributed by atoms with Crippen molar-refractivity contribution in [1.82, 2.24) is 15.1 Å². The molecule has 2 atom stereocenters. The quantitative estimate of drug-likeness (QED) is 0.904. The number of fused-ring (bicyclic) bond motifs is 2. The van der Waals surface area contributed by atoms with Gasteiger partial charge in [0.1, 0.15) is 0 Å². The fraction of sp³-hybridized carbons (Fsp3) is 0.474. The van der Waals surface area contributed by atoms with Crippen LogP contribution in [-0.4, -0.2) is 32.6 Å². The van der Waals surface area contributed by atoms with E-state index in [0.717, 1.165) is 24.1 Å². The zero-order chi connectivity index (χ0) is 16.7. The van der Waals surface area contributed by atoms with Crippen molar-refractivity contribution in [2.75, 3.05) is 0 Å². The van der Waals surface area contributed by atoms with E-state index in [-0.39, 0.29) is 12.1 Å². The summed E-state index contributed by atoms with van der Waals surface area (Å²) in [4.78, 5) is 12.2. The average molecular weight is 325 g/mol. The third kappa shape index (κ3) is 3.01. The second kappa shape index (κ2) is 5.83. The van der Waals surface area contributed by atoms with Crippen LogP contribution in [0.2, 0.25) is 0 Å². The van der Waals surface area contributed by atoms with Gasteiger partial charge in [0, 0.05) is 23.7 Å². The Morgan fingerprint density at radius 3 is 2.50 bits per heavy atom. The Hall–Kier alpha value is -1.98. The number of rotatable bonds is 3. The van der Waals surface area contributed by atoms with Gasteiger partial charge in [0.25, 0.3) is 5.56 Å². The number of aliphatic hydroxyl groups is 1. The third-order valence-corrected chi connectivity index (χ3v) is 5.25. The van der Waals surface area contributed by atoms with E-state index in [2.05, 4.69) is 10.4 Å². The Morgan fingerprint density at radius 2 is 1.83 bits per heavy atom. The molecule has 0 saturated carbocycles. The molecule has 24 heavy (non-hydrogen) atoms. The average Bonchev–Trinajstić information content (AvgIpc) is 2.90. The fourth-order valence-electron chi connectivity index (χ4n) is 4.07. The van der Waals surface area contributed by atoms with Crippen LogP contribution >= 0.6 is 0 Å². The number of nitrogens with zero attached hydrogens (tertiary/aromatic N) is 2. The molecule has 2 aliphatic heterocycles. The van der Waals surface area contributed by atoms with Crippen molar-refractivity contribution < 1.29 is 5.11 Å². The lowest BCUT2D eigenvalue weighted by molar-refractivity contribution is -0.0249. The molecule has 5 nitrogen and oxygen atoms in total. The van der Waals surface area contributed by atoms with Gasteiger partial charge in [-0.25, -0.2) is 4.68 Å². The highest BCUT2D eigenvalue weighted by atomic mass is 16.3. The van der Waals surface area contributed by atoms with Crippen molar-refractivity contribution in [2.24, 2.45) is 0 Å². The monoisotopic (exact) mass is 325 g/mol. The smallest absolute Gasteiger partial charge is 0.266 e. The maximum Gasteiger partial charge on any atom is 0.266 e. The number of hydrogen-bond acceptors (Lipinski definition) is 4. The molecule has 2 aromatic rings. The molecule has 2 saturated heterocycles. The van der Waals surface area contributed by atoms with Gasteiger partial charge in [-0.1, -0.05) is 29.8 Å². The second-order valence-electron chi connectivity index (χ2n) is 7.35. The van der Waals surface area contributed by atoms with Gasteiger partial charge in [-0.3, -0.25) is 4.79 Å². The van der Waals surface area contributed by atoms with E-state index in [1.54, 1.807) is 12.1 Å². The van der Waals surface area contributed by atoms with Crippen LogP contribution in [0.25, 0.3) is 11.3 Å². The summed E-state index contributed by atoms with van der Waals surface area (Å²) in [5.74, 6) is 0. The molecule has 2 unspecified atom stereocenters. The van der Waals surface area contributed by atoms with Crippen LogP contribution in [0.15, 0.2) is 41.2 Å². The lowest BCUT2D eigenvalue weighted by Gasteiger charge is -2.37. The molecule has 5 heteroatoms. The minimum Gasteiger partial charge on any atom is -0.388 e. The number of piperidine rings is 1. The predicted molar refractivity (Wildman–Crippen MR) is 92.8 cm³/mol. The van der Waals surface area contributed by atoms with E-state index in [9.17, 15) is 9.90 Å². The number of hydrogen-bond donors (Lipinski definition) is 2. The molecule has 1 aromatic carbocycles. The van der Waals surface area contributed by atoms with Gasteiger partial charge < -0.3 is 10.4 Å². The Kier molecular flexibility index (Phi) is 3.77. The fourth-order valence-corrected chi connectivity index (χ4v) is 4.07. The van der Waals surface area contributed by atoms with Crippen molar-refractivity contribution in [3.05, 3.63) is 52.3 Å². The molecule has 0 radical (unpaired) electrons. The molecular formula is C19H23N3O2. The van der Waals surface area contributed by atoms with Crippen molar-refractivity contribution in [2.45, 2.75) is 56.8 Å². The Balaban J connectivity index is 1.62. The SMILES string of the molecule is Cc1ccc(-c2ccc(=O)n(CC3(O)CC4CCC(C3)N4)n2)cc1. The molecule has 126 valence electrons. The highest BCUT2D eigenvalue weighted by Crippen LogP contribution is 2.34. The van der Waals surface area contributed by atoms with Gasteiger partial charge in [0.2, 0.25) is 0 Å². The highest BCUT2D eigenvalue weighted by Gasteiger charge is 2.42. The largest absolute Gasteiger partial charge is 0.388 e. The molecule has 2 aliphatic rings. The van der Waals surface area contributed by atoms with Gasteiger partial charge in [0.05, 0.1) is 17.8 Å². The maximum atomic E-state index is 12.2. The van der Waals surface area contributed by atoms with E-state index < -0.39 is 5.60 Å². The Morgan fingerprint density at radius 1 is 1.17 bits per heavy atom. The van der Waals surface area contributed by atoms with Crippen LogP contribution in [0.5, 0.6) is 0 Å². The molecule has 0 aliphatic carbocycles. The summed E-state index contributed by atoms with van der Waals surface area (Å²) in [6.45, 7) is 2.30. The lowest BCUT2D eigenvalue weighted by atomic mass is 9.87. The van der Waals surface area contributed by atoms with Crippen molar-refractivity contribution in [1.29, 1.82) is 0 Å². The van der Waals surface area contributed by atoms with Crippen LogP contribution in [0.1, 0.15) is 31.2 Å². The van der Waals surface area contributed by atoms with Crippen LogP contribution in [-0.2, 0) is 6.54 Å². The van der Waals surface area contributed by atoms with Gasteiger partial charge in [-0.2, -0.15) is 5.10 Å². The van der Waals surface area contributed by atoms with Crippen LogP contribution in [0.3, 0.4) is 0 Å². The number of benzene rings is 1. The molecule has 2 bridgehead atoms. The zero-order valence-electron chi connectivity index (χ0n) is 13.9. The minimum absolute atomic E-state index is 0.162. The first-order chi connectivity index (χ1) is 11.5. The van der Waals surface area contributed by atoms with E-state index in [1.165, 1.54) is 10.2 Å². The topological polar surface area (TPSA) is 67.2 Å². The minimum atomic E-state index is -0.847. The van der Waals surface area contributed by atoms with Crippen molar-refractivity contribution in [3.63, 3.8) is 0 Å². The normalized spacial score (nSPS) is 28.9. The zero-order valence-corrected chi connectivity index (χ0v) is 13.9. The van der Waals surface area contributed by atoms with Crippen molar-refractivity contribution >= 4 is 0 Å². The molecular weight excluding hydrogens is 302 g/mol. The molecule has 3 heterocycles. The van der Waals surface area contributed by atoms with E-state index in [4.69, 9.17) is 0 Å². The first-order valence-corrected chi connectivity index (χ1v) is 8.64. The van der Waals surface area contributed by atoms with Gasteiger partial charge in [-0.05, 0) is 38.7 Å². The summed E-state index contributed by atoms with van der Waals surface area (Å²) in [7, 11) is 0. The van der Waals surface area contributed by atoms with Crippen LogP contribution < -0.4 is 10.9 Å². The van der Waals surface area contributed by atoms with E-state index in [0.29, 0.717) is 24.9 Å². The summed E-state index contributed by atoms with van der Waals surface area (Å²) in [5.41, 5.74) is 1.92. The van der Waals surface area contributed by atoms with E-state index >= 15 is 0 Å². The first-order valence-electron chi connectivity index (χ1n) is 8.64. The molecule has 2 N–H and O–H groups in total. The molecule has 0 amide bonds. The summed E-state index contributed by atoms with van der Waals surface area (Å²) < 4.78 is 1.43. The van der Waals surface area contributed by atoms with Crippen molar-refractivity contribution in [3.8, 4) is 11.3 Å². The molecule has 0 spiro atoms. The van der Waals surface area contributed by atoms with Gasteiger partial charge >= 0.3 is 0 Å². The highest BCUT2D eigenvalue weighted by molar-refractivity contribution is 5.58. The third-order valence-electron chi connectivity index (χ3n) is 5.25. The summed E-state index contributed by atoms with van der Waals surface area (Å²) in [5, 5.41) is 19.0. The maximum absolute atomic E-state index is 12.2. The molecule has 2 fully saturated rings. The Bertz CT molecular complexity index is 785. The first kappa shape index (κ1) is 15.5.